The zero-order valence-electron chi connectivity index (χ0n) is 13.1. The first-order chi connectivity index (χ1) is 10.6. The molecule has 0 aliphatic carbocycles. The Bertz CT molecular complexity index is 637. The molecule has 0 aromatic carbocycles. The van der Waals surface area contributed by atoms with Crippen molar-refractivity contribution in [2.24, 2.45) is 0 Å². The predicted molar refractivity (Wildman–Crippen MR) is 83.0 cm³/mol. The maximum absolute atomic E-state index is 12.4. The van der Waals surface area contributed by atoms with Gasteiger partial charge >= 0.3 is 0 Å². The molecule has 5 nitrogen and oxygen atoms in total. The smallest absolute Gasteiger partial charge is 0.253 e. The number of amides is 1. The van der Waals surface area contributed by atoms with Gasteiger partial charge in [-0.05, 0) is 44.9 Å². The highest BCUT2D eigenvalue weighted by Crippen LogP contribution is 2.18. The molecule has 1 fully saturated rings. The van der Waals surface area contributed by atoms with Gasteiger partial charge in [0.1, 0.15) is 5.76 Å². The van der Waals surface area contributed by atoms with Gasteiger partial charge in [-0.1, -0.05) is 0 Å². The van der Waals surface area contributed by atoms with Crippen molar-refractivity contribution in [3.63, 3.8) is 0 Å². The summed E-state index contributed by atoms with van der Waals surface area (Å²) >= 11 is 0. The molecular formula is C17H22N2O3. The van der Waals surface area contributed by atoms with E-state index in [9.17, 15) is 4.79 Å². The van der Waals surface area contributed by atoms with Crippen molar-refractivity contribution in [1.82, 2.24) is 9.88 Å². The monoisotopic (exact) mass is 302 g/mol. The molecule has 2 aromatic heterocycles. The number of aromatic nitrogens is 1. The maximum atomic E-state index is 12.4. The highest BCUT2D eigenvalue weighted by Gasteiger charge is 2.19. The van der Waals surface area contributed by atoms with Crippen LogP contribution in [0.5, 0.6) is 0 Å². The minimum atomic E-state index is -0.0331. The summed E-state index contributed by atoms with van der Waals surface area (Å²) in [7, 11) is 0. The lowest BCUT2D eigenvalue weighted by molar-refractivity contribution is 0.0857. The summed E-state index contributed by atoms with van der Waals surface area (Å²) in [5.41, 5.74) is 2.73. The average Bonchev–Trinajstić information content (AvgIpc) is 3.23. The van der Waals surface area contributed by atoms with E-state index in [0.29, 0.717) is 13.1 Å². The molecule has 0 unspecified atom stereocenters. The Labute approximate surface area is 130 Å². The number of nitrogens with zero attached hydrogens (tertiary/aromatic N) is 1. The number of aryl methyl sites for hydroxylation is 1. The quantitative estimate of drug-likeness (QED) is 0.924. The van der Waals surface area contributed by atoms with Gasteiger partial charge in [-0.25, -0.2) is 0 Å². The van der Waals surface area contributed by atoms with E-state index in [1.54, 1.807) is 6.26 Å². The number of carbonyl (C=O) groups excluding carboxylic acids is 1. The summed E-state index contributed by atoms with van der Waals surface area (Å²) in [5.74, 6) is 0.849. The van der Waals surface area contributed by atoms with Crippen molar-refractivity contribution >= 4 is 5.91 Å². The van der Waals surface area contributed by atoms with E-state index >= 15 is 0 Å². The summed E-state index contributed by atoms with van der Waals surface area (Å²) in [5, 5.41) is 2.98. The van der Waals surface area contributed by atoms with Gasteiger partial charge in [-0.15, -0.1) is 0 Å². The van der Waals surface area contributed by atoms with Gasteiger partial charge in [0.15, 0.2) is 0 Å². The first kappa shape index (κ1) is 14.9. The van der Waals surface area contributed by atoms with Crippen LogP contribution in [0, 0.1) is 13.8 Å². The number of ether oxygens (including phenoxy) is 1. The number of furan rings is 1. The van der Waals surface area contributed by atoms with Gasteiger partial charge in [0.2, 0.25) is 0 Å². The fraction of sp³-hybridized carbons (Fsp3) is 0.471. The minimum Gasteiger partial charge on any atom is -0.467 e. The van der Waals surface area contributed by atoms with Crippen LogP contribution in [-0.2, 0) is 11.3 Å². The summed E-state index contributed by atoms with van der Waals surface area (Å²) < 4.78 is 13.0. The number of hydrogen-bond donors (Lipinski definition) is 1. The molecule has 3 heterocycles. The van der Waals surface area contributed by atoms with Crippen LogP contribution in [0.4, 0.5) is 0 Å². The molecule has 5 heteroatoms. The summed E-state index contributed by atoms with van der Waals surface area (Å²) in [6.07, 6.45) is 3.94. The topological polar surface area (TPSA) is 56.4 Å². The number of rotatable bonds is 5. The molecule has 22 heavy (non-hydrogen) atoms. The van der Waals surface area contributed by atoms with Crippen molar-refractivity contribution in [2.75, 3.05) is 13.2 Å². The van der Waals surface area contributed by atoms with E-state index in [4.69, 9.17) is 9.15 Å². The molecule has 2 aromatic rings. The van der Waals surface area contributed by atoms with E-state index in [0.717, 1.165) is 42.2 Å². The summed E-state index contributed by atoms with van der Waals surface area (Å²) in [4.78, 5) is 12.4. The number of nitrogens with one attached hydrogen (secondary N) is 1. The highest BCUT2D eigenvalue weighted by molar-refractivity contribution is 5.95. The normalized spacial score (nSPS) is 17.8. The van der Waals surface area contributed by atoms with Crippen LogP contribution < -0.4 is 5.32 Å². The lowest BCUT2D eigenvalue weighted by atomic mass is 10.2. The van der Waals surface area contributed by atoms with Gasteiger partial charge in [-0.3, -0.25) is 4.79 Å². The third-order valence-electron chi connectivity index (χ3n) is 4.23. The molecule has 0 bridgehead atoms. The molecule has 118 valence electrons. The molecule has 1 saturated heterocycles. The van der Waals surface area contributed by atoms with E-state index < -0.39 is 0 Å². The van der Waals surface area contributed by atoms with Crippen LogP contribution in [0.25, 0.3) is 0 Å². The Balaban J connectivity index is 1.69. The predicted octanol–water partition coefficient (Wildman–Crippen LogP) is 2.66. The molecule has 1 aliphatic rings. The number of hydrogen-bond acceptors (Lipinski definition) is 3. The molecule has 1 aliphatic heterocycles. The molecular weight excluding hydrogens is 280 g/mol. The Morgan fingerprint density at radius 2 is 2.32 bits per heavy atom. The van der Waals surface area contributed by atoms with Crippen LogP contribution in [0.3, 0.4) is 0 Å². The standard InChI is InChI=1S/C17H22N2O3/c1-12-9-16(17(20)18-10-14-5-3-7-21-14)13(2)19(12)11-15-6-4-8-22-15/h4,6,8-9,14H,3,5,7,10-11H2,1-2H3,(H,18,20)/t14-/m1/s1. The van der Waals surface area contributed by atoms with E-state index in [2.05, 4.69) is 9.88 Å². The van der Waals surface area contributed by atoms with Gasteiger partial charge in [0.05, 0.1) is 24.5 Å². The van der Waals surface area contributed by atoms with E-state index in [-0.39, 0.29) is 12.0 Å². The molecule has 0 saturated carbocycles. The van der Waals surface area contributed by atoms with Crippen molar-refractivity contribution in [2.45, 2.75) is 39.3 Å². The Kier molecular flexibility index (Phi) is 4.34. The Morgan fingerprint density at radius 1 is 1.45 bits per heavy atom. The van der Waals surface area contributed by atoms with Crippen molar-refractivity contribution in [3.05, 3.63) is 47.2 Å². The van der Waals surface area contributed by atoms with Crippen LogP contribution >= 0.6 is 0 Å². The van der Waals surface area contributed by atoms with Crippen LogP contribution in [0.15, 0.2) is 28.9 Å². The zero-order valence-corrected chi connectivity index (χ0v) is 13.1. The third-order valence-corrected chi connectivity index (χ3v) is 4.23. The van der Waals surface area contributed by atoms with Gasteiger partial charge in [0, 0.05) is 24.5 Å². The minimum absolute atomic E-state index is 0.0331. The molecule has 0 radical (unpaired) electrons. The first-order valence-corrected chi connectivity index (χ1v) is 7.74. The van der Waals surface area contributed by atoms with Crippen molar-refractivity contribution < 1.29 is 13.9 Å². The van der Waals surface area contributed by atoms with E-state index in [1.807, 2.05) is 32.0 Å². The third kappa shape index (κ3) is 3.09. The zero-order chi connectivity index (χ0) is 15.5. The Morgan fingerprint density at radius 3 is 3.00 bits per heavy atom. The second-order valence-corrected chi connectivity index (χ2v) is 5.80. The number of carbonyl (C=O) groups is 1. The van der Waals surface area contributed by atoms with Gasteiger partial charge in [0.25, 0.3) is 5.91 Å². The van der Waals surface area contributed by atoms with Crippen molar-refractivity contribution in [3.8, 4) is 0 Å². The average molecular weight is 302 g/mol. The lowest BCUT2D eigenvalue weighted by Gasteiger charge is -2.11. The fourth-order valence-electron chi connectivity index (χ4n) is 2.94. The molecule has 3 rings (SSSR count). The van der Waals surface area contributed by atoms with Crippen LogP contribution in [0.2, 0.25) is 0 Å². The molecule has 1 N–H and O–H groups in total. The maximum Gasteiger partial charge on any atom is 0.253 e. The Hall–Kier alpha value is -2.01. The largest absolute Gasteiger partial charge is 0.467 e. The van der Waals surface area contributed by atoms with Crippen LogP contribution in [0.1, 0.15) is 40.3 Å². The first-order valence-electron chi connectivity index (χ1n) is 7.74. The van der Waals surface area contributed by atoms with E-state index in [1.165, 1.54) is 0 Å². The van der Waals surface area contributed by atoms with Gasteiger partial charge < -0.3 is 19.0 Å². The molecule has 0 spiro atoms. The van der Waals surface area contributed by atoms with Gasteiger partial charge in [-0.2, -0.15) is 0 Å². The fourth-order valence-corrected chi connectivity index (χ4v) is 2.94. The summed E-state index contributed by atoms with van der Waals surface area (Å²) in [6, 6.07) is 5.75. The highest BCUT2D eigenvalue weighted by atomic mass is 16.5. The second kappa shape index (κ2) is 6.40. The SMILES string of the molecule is Cc1cc(C(=O)NC[C@H]2CCCO2)c(C)n1Cc1ccco1. The van der Waals surface area contributed by atoms with Crippen LogP contribution in [-0.4, -0.2) is 29.7 Å². The van der Waals surface area contributed by atoms with Crippen molar-refractivity contribution in [1.29, 1.82) is 0 Å². The second-order valence-electron chi connectivity index (χ2n) is 5.80. The molecule has 1 atom stereocenters. The summed E-state index contributed by atoms with van der Waals surface area (Å²) in [6.45, 7) is 6.01. The molecule has 1 amide bonds. The lowest BCUT2D eigenvalue weighted by Crippen LogP contribution is -2.32.